The number of nitrogens with two attached hydrogens (primary N) is 1. The fourth-order valence-corrected chi connectivity index (χ4v) is 2.99. The molecular formula is C17H20N2O. The number of aliphatic hydroxyl groups is 1. The second-order valence-electron chi connectivity index (χ2n) is 5.29. The van der Waals surface area contributed by atoms with Gasteiger partial charge in [0, 0.05) is 13.1 Å². The summed E-state index contributed by atoms with van der Waals surface area (Å²) < 4.78 is 0. The Morgan fingerprint density at radius 3 is 1.90 bits per heavy atom. The molecule has 3 N–H and O–H groups in total. The van der Waals surface area contributed by atoms with Gasteiger partial charge in [-0.25, -0.2) is 0 Å². The molecule has 0 aromatic heterocycles. The van der Waals surface area contributed by atoms with E-state index < -0.39 is 0 Å². The van der Waals surface area contributed by atoms with Gasteiger partial charge >= 0.3 is 0 Å². The third-order valence-corrected chi connectivity index (χ3v) is 4.07. The smallest absolute Gasteiger partial charge is 0.0835 e. The lowest BCUT2D eigenvalue weighted by atomic mass is 9.89. The van der Waals surface area contributed by atoms with Crippen LogP contribution in [0.15, 0.2) is 60.7 Å². The van der Waals surface area contributed by atoms with Gasteiger partial charge < -0.3 is 10.8 Å². The molecule has 0 radical (unpaired) electrons. The van der Waals surface area contributed by atoms with Gasteiger partial charge in [-0.15, -0.1) is 0 Å². The molecule has 0 amide bonds. The zero-order chi connectivity index (χ0) is 13.9. The van der Waals surface area contributed by atoms with Gasteiger partial charge in [-0.2, -0.15) is 0 Å². The molecule has 3 heteroatoms. The molecular weight excluding hydrogens is 248 g/mol. The lowest BCUT2D eigenvalue weighted by Crippen LogP contribution is -2.63. The summed E-state index contributed by atoms with van der Waals surface area (Å²) in [4.78, 5) is 2.29. The van der Waals surface area contributed by atoms with Gasteiger partial charge in [0.15, 0.2) is 0 Å². The van der Waals surface area contributed by atoms with Gasteiger partial charge in [-0.05, 0) is 11.1 Å². The Labute approximate surface area is 119 Å². The Morgan fingerprint density at radius 1 is 1.00 bits per heavy atom. The Hall–Kier alpha value is -1.68. The van der Waals surface area contributed by atoms with Crippen LogP contribution in [0.1, 0.15) is 17.2 Å². The highest BCUT2D eigenvalue weighted by Gasteiger charge is 2.41. The van der Waals surface area contributed by atoms with Gasteiger partial charge in [0.25, 0.3) is 0 Å². The second kappa shape index (κ2) is 5.75. The average Bonchev–Trinajstić information content (AvgIpc) is 2.49. The van der Waals surface area contributed by atoms with Crippen LogP contribution in [-0.2, 0) is 0 Å². The van der Waals surface area contributed by atoms with Gasteiger partial charge in [-0.1, -0.05) is 60.7 Å². The van der Waals surface area contributed by atoms with Crippen molar-refractivity contribution in [2.45, 2.75) is 18.2 Å². The molecule has 0 bridgehead atoms. The van der Waals surface area contributed by atoms with Crippen LogP contribution in [0.2, 0.25) is 0 Å². The van der Waals surface area contributed by atoms with Gasteiger partial charge in [0.05, 0.1) is 18.2 Å². The van der Waals surface area contributed by atoms with E-state index in [-0.39, 0.29) is 18.2 Å². The fourth-order valence-electron chi connectivity index (χ4n) is 2.99. The number of benzene rings is 2. The Kier molecular flexibility index (Phi) is 3.83. The average molecular weight is 268 g/mol. The SMILES string of the molecule is NCC1C(O)CN1C(c1ccccc1)c1ccccc1. The van der Waals surface area contributed by atoms with Crippen molar-refractivity contribution in [2.24, 2.45) is 5.73 Å². The largest absolute Gasteiger partial charge is 0.390 e. The molecule has 2 aromatic carbocycles. The zero-order valence-electron chi connectivity index (χ0n) is 11.4. The quantitative estimate of drug-likeness (QED) is 0.888. The van der Waals surface area contributed by atoms with Crippen LogP contribution in [0.4, 0.5) is 0 Å². The van der Waals surface area contributed by atoms with Crippen molar-refractivity contribution in [3.8, 4) is 0 Å². The van der Waals surface area contributed by atoms with Crippen LogP contribution >= 0.6 is 0 Å². The lowest BCUT2D eigenvalue weighted by Gasteiger charge is -2.49. The lowest BCUT2D eigenvalue weighted by molar-refractivity contribution is -0.0735. The third-order valence-electron chi connectivity index (χ3n) is 4.07. The summed E-state index contributed by atoms with van der Waals surface area (Å²) in [5, 5.41) is 9.90. The summed E-state index contributed by atoms with van der Waals surface area (Å²) in [7, 11) is 0. The van der Waals surface area contributed by atoms with E-state index in [0.717, 1.165) is 0 Å². The van der Waals surface area contributed by atoms with Crippen molar-refractivity contribution < 1.29 is 5.11 Å². The van der Waals surface area contributed by atoms with E-state index in [4.69, 9.17) is 5.73 Å². The number of likely N-dealkylation sites (tertiary alicyclic amines) is 1. The number of aliphatic hydroxyl groups excluding tert-OH is 1. The Morgan fingerprint density at radius 2 is 1.50 bits per heavy atom. The molecule has 0 saturated carbocycles. The normalized spacial score (nSPS) is 22.8. The van der Waals surface area contributed by atoms with Crippen LogP contribution in [0.3, 0.4) is 0 Å². The van der Waals surface area contributed by atoms with Gasteiger partial charge in [-0.3, -0.25) is 4.90 Å². The number of hydrogen-bond acceptors (Lipinski definition) is 3. The molecule has 1 heterocycles. The minimum Gasteiger partial charge on any atom is -0.390 e. The van der Waals surface area contributed by atoms with Crippen LogP contribution in [0.25, 0.3) is 0 Å². The summed E-state index contributed by atoms with van der Waals surface area (Å²) >= 11 is 0. The molecule has 2 unspecified atom stereocenters. The molecule has 104 valence electrons. The standard InChI is InChI=1S/C17H20N2O/c18-11-15-16(20)12-19(15)17(13-7-3-1-4-8-13)14-9-5-2-6-10-14/h1-10,15-17,20H,11-12,18H2. The van der Waals surface area contributed by atoms with E-state index in [2.05, 4.69) is 53.4 Å². The number of nitrogens with zero attached hydrogens (tertiary/aromatic N) is 1. The molecule has 1 fully saturated rings. The molecule has 1 saturated heterocycles. The predicted octanol–water partition coefficient (Wildman–Crippen LogP) is 1.78. The highest BCUT2D eigenvalue weighted by atomic mass is 16.3. The molecule has 20 heavy (non-hydrogen) atoms. The maximum Gasteiger partial charge on any atom is 0.0835 e. The fraction of sp³-hybridized carbons (Fsp3) is 0.294. The first-order valence-electron chi connectivity index (χ1n) is 7.05. The van der Waals surface area contributed by atoms with Crippen molar-refractivity contribution >= 4 is 0 Å². The first-order valence-corrected chi connectivity index (χ1v) is 7.05. The zero-order valence-corrected chi connectivity index (χ0v) is 11.4. The van der Waals surface area contributed by atoms with E-state index in [9.17, 15) is 5.11 Å². The van der Waals surface area contributed by atoms with Crippen LogP contribution < -0.4 is 5.73 Å². The molecule has 3 rings (SSSR count). The summed E-state index contributed by atoms with van der Waals surface area (Å²) in [5.74, 6) is 0. The van der Waals surface area contributed by atoms with Crippen molar-refractivity contribution in [3.05, 3.63) is 71.8 Å². The highest BCUT2D eigenvalue weighted by molar-refractivity contribution is 5.33. The summed E-state index contributed by atoms with van der Waals surface area (Å²) in [6.45, 7) is 1.16. The van der Waals surface area contributed by atoms with Crippen molar-refractivity contribution in [1.29, 1.82) is 0 Å². The summed E-state index contributed by atoms with van der Waals surface area (Å²) in [5.41, 5.74) is 8.29. The Bertz CT molecular complexity index is 504. The molecule has 2 aromatic rings. The minimum atomic E-state index is -0.310. The van der Waals surface area contributed by atoms with E-state index in [1.54, 1.807) is 0 Å². The maximum absolute atomic E-state index is 9.90. The molecule has 0 aliphatic carbocycles. The molecule has 2 atom stereocenters. The first kappa shape index (κ1) is 13.3. The predicted molar refractivity (Wildman–Crippen MR) is 80.3 cm³/mol. The minimum absolute atomic E-state index is 0.0420. The highest BCUT2D eigenvalue weighted by Crippen LogP contribution is 2.35. The molecule has 1 aliphatic rings. The number of β-amino-alcohol motifs (C(OH)–C–C–N with tert-alkyl or cyclic N) is 1. The van der Waals surface area contributed by atoms with Gasteiger partial charge in [0.2, 0.25) is 0 Å². The maximum atomic E-state index is 9.90. The topological polar surface area (TPSA) is 49.5 Å². The number of rotatable bonds is 4. The summed E-state index contributed by atoms with van der Waals surface area (Å²) in [6.07, 6.45) is -0.310. The van der Waals surface area contributed by atoms with E-state index in [1.807, 2.05) is 12.1 Å². The van der Waals surface area contributed by atoms with Crippen molar-refractivity contribution in [1.82, 2.24) is 4.90 Å². The monoisotopic (exact) mass is 268 g/mol. The second-order valence-corrected chi connectivity index (χ2v) is 5.29. The third kappa shape index (κ3) is 2.36. The molecule has 1 aliphatic heterocycles. The van der Waals surface area contributed by atoms with Crippen LogP contribution in [-0.4, -0.2) is 35.2 Å². The van der Waals surface area contributed by atoms with E-state index >= 15 is 0 Å². The number of hydrogen-bond donors (Lipinski definition) is 2. The van der Waals surface area contributed by atoms with E-state index in [0.29, 0.717) is 13.1 Å². The Balaban J connectivity index is 1.97. The van der Waals surface area contributed by atoms with Crippen molar-refractivity contribution in [3.63, 3.8) is 0 Å². The van der Waals surface area contributed by atoms with E-state index in [1.165, 1.54) is 11.1 Å². The first-order chi connectivity index (χ1) is 9.81. The summed E-state index contributed by atoms with van der Waals surface area (Å²) in [6, 6.07) is 21.0. The van der Waals surface area contributed by atoms with Crippen LogP contribution in [0, 0.1) is 0 Å². The molecule has 3 nitrogen and oxygen atoms in total. The van der Waals surface area contributed by atoms with Gasteiger partial charge in [0.1, 0.15) is 0 Å². The van der Waals surface area contributed by atoms with Crippen LogP contribution in [0.5, 0.6) is 0 Å². The molecule has 0 spiro atoms. The van der Waals surface area contributed by atoms with Crippen molar-refractivity contribution in [2.75, 3.05) is 13.1 Å².